The van der Waals surface area contributed by atoms with Crippen LogP contribution in [0.2, 0.25) is 0 Å². The number of ether oxygens (including phenoxy) is 1. The minimum Gasteiger partial charge on any atom is -0.497 e. The molecule has 0 bridgehead atoms. The van der Waals surface area contributed by atoms with Crippen molar-refractivity contribution >= 4 is 0 Å². The van der Waals surface area contributed by atoms with Gasteiger partial charge in [-0.1, -0.05) is 12.1 Å². The lowest BCUT2D eigenvalue weighted by Crippen LogP contribution is -1.97. The molecule has 0 spiro atoms. The molecule has 5 heteroatoms. The minimum atomic E-state index is 0.411. The van der Waals surface area contributed by atoms with Crippen LogP contribution in [0.3, 0.4) is 0 Å². The van der Waals surface area contributed by atoms with E-state index in [1.807, 2.05) is 37.6 Å². The van der Waals surface area contributed by atoms with Crippen molar-refractivity contribution in [1.82, 2.24) is 19.5 Å². The molecule has 0 amide bonds. The van der Waals surface area contributed by atoms with Crippen LogP contribution >= 0.6 is 0 Å². The number of imidazole rings is 1. The summed E-state index contributed by atoms with van der Waals surface area (Å²) in [4.78, 5) is 13.5. The van der Waals surface area contributed by atoms with Gasteiger partial charge in [0.25, 0.3) is 0 Å². The van der Waals surface area contributed by atoms with Crippen molar-refractivity contribution in [3.05, 3.63) is 71.8 Å². The van der Waals surface area contributed by atoms with Crippen LogP contribution in [0.25, 0.3) is 0 Å². The fraction of sp³-hybridized carbons (Fsp3) is 0.316. The van der Waals surface area contributed by atoms with Crippen LogP contribution in [0.15, 0.2) is 49.1 Å². The first kappa shape index (κ1) is 14.9. The first-order valence-corrected chi connectivity index (χ1v) is 8.17. The third kappa shape index (κ3) is 3.02. The van der Waals surface area contributed by atoms with Crippen molar-refractivity contribution in [1.29, 1.82) is 0 Å². The zero-order valence-corrected chi connectivity index (χ0v) is 13.9. The van der Waals surface area contributed by atoms with Crippen LogP contribution < -0.4 is 4.74 Å². The molecule has 1 fully saturated rings. The van der Waals surface area contributed by atoms with Crippen LogP contribution in [-0.4, -0.2) is 26.6 Å². The summed E-state index contributed by atoms with van der Waals surface area (Å²) in [6.07, 6.45) is 6.98. The molecule has 1 aromatic carbocycles. The summed E-state index contributed by atoms with van der Waals surface area (Å²) in [5.41, 5.74) is 3.39. The molecular formula is C19H20N4O. The quantitative estimate of drug-likeness (QED) is 0.724. The number of benzene rings is 1. The van der Waals surface area contributed by atoms with Gasteiger partial charge in [0.1, 0.15) is 11.6 Å². The number of nitrogens with zero attached hydrogens (tertiary/aromatic N) is 4. The molecule has 0 N–H and O–H groups in total. The molecular weight excluding hydrogens is 300 g/mol. The van der Waals surface area contributed by atoms with Crippen molar-refractivity contribution < 1.29 is 4.74 Å². The maximum Gasteiger partial charge on any atom is 0.132 e. The Morgan fingerprint density at radius 1 is 1.12 bits per heavy atom. The van der Waals surface area contributed by atoms with Gasteiger partial charge in [0, 0.05) is 36.5 Å². The molecule has 2 unspecified atom stereocenters. The van der Waals surface area contributed by atoms with Gasteiger partial charge in [-0.25, -0.2) is 15.0 Å². The largest absolute Gasteiger partial charge is 0.497 e. The Hall–Kier alpha value is -2.69. The molecule has 0 aliphatic heterocycles. The number of rotatable bonds is 5. The smallest absolute Gasteiger partial charge is 0.132 e. The van der Waals surface area contributed by atoms with Crippen molar-refractivity contribution in [2.24, 2.45) is 0 Å². The first-order chi connectivity index (χ1) is 11.7. The summed E-state index contributed by atoms with van der Waals surface area (Å²) >= 11 is 0. The monoisotopic (exact) mass is 320 g/mol. The average Bonchev–Trinajstić information content (AvgIpc) is 3.28. The third-order valence-electron chi connectivity index (χ3n) is 4.49. The molecule has 3 aromatic rings. The number of aryl methyl sites for hydroxylation is 1. The Labute approximate surface area is 141 Å². The number of aromatic nitrogens is 4. The van der Waals surface area contributed by atoms with Gasteiger partial charge in [-0.3, -0.25) is 0 Å². The topological polar surface area (TPSA) is 52.8 Å². The van der Waals surface area contributed by atoms with Crippen molar-refractivity contribution in [2.75, 3.05) is 7.11 Å². The van der Waals surface area contributed by atoms with E-state index in [2.05, 4.69) is 37.8 Å². The molecule has 24 heavy (non-hydrogen) atoms. The van der Waals surface area contributed by atoms with Gasteiger partial charge in [-0.2, -0.15) is 0 Å². The van der Waals surface area contributed by atoms with E-state index in [9.17, 15) is 0 Å². The maximum absolute atomic E-state index is 5.19. The summed E-state index contributed by atoms with van der Waals surface area (Å²) < 4.78 is 7.32. The lowest BCUT2D eigenvalue weighted by Gasteiger charge is -2.04. The molecule has 0 saturated heterocycles. The van der Waals surface area contributed by atoms with E-state index >= 15 is 0 Å². The van der Waals surface area contributed by atoms with E-state index in [0.29, 0.717) is 11.8 Å². The molecule has 0 radical (unpaired) electrons. The van der Waals surface area contributed by atoms with Crippen molar-refractivity contribution in [2.45, 2.75) is 31.7 Å². The summed E-state index contributed by atoms with van der Waals surface area (Å²) in [6, 6.07) is 10.1. The van der Waals surface area contributed by atoms with E-state index in [1.165, 1.54) is 5.56 Å². The fourth-order valence-electron chi connectivity index (χ4n) is 3.05. The second-order valence-corrected chi connectivity index (χ2v) is 6.32. The maximum atomic E-state index is 5.19. The second-order valence-electron chi connectivity index (χ2n) is 6.32. The van der Waals surface area contributed by atoms with Crippen LogP contribution in [0.1, 0.15) is 41.0 Å². The van der Waals surface area contributed by atoms with Gasteiger partial charge in [0.2, 0.25) is 0 Å². The standard InChI is InChI=1S/C19H20N4O/c1-13-7-8-20-19(22-13)17-9-16(17)18-11-23(12-21-18)10-14-3-5-15(24-2)6-4-14/h3-8,11-12,16-17H,9-10H2,1-2H3. The Bertz CT molecular complexity index is 841. The van der Waals surface area contributed by atoms with Gasteiger partial charge < -0.3 is 9.30 Å². The lowest BCUT2D eigenvalue weighted by atomic mass is 10.2. The highest BCUT2D eigenvalue weighted by Gasteiger charge is 2.43. The Morgan fingerprint density at radius 3 is 2.71 bits per heavy atom. The molecule has 122 valence electrons. The van der Waals surface area contributed by atoms with E-state index in [4.69, 9.17) is 4.74 Å². The first-order valence-electron chi connectivity index (χ1n) is 8.17. The highest BCUT2D eigenvalue weighted by atomic mass is 16.5. The van der Waals surface area contributed by atoms with E-state index in [-0.39, 0.29) is 0 Å². The van der Waals surface area contributed by atoms with Gasteiger partial charge in [0.05, 0.1) is 19.1 Å². The lowest BCUT2D eigenvalue weighted by molar-refractivity contribution is 0.414. The Kier molecular flexibility index (Phi) is 3.76. The highest BCUT2D eigenvalue weighted by molar-refractivity contribution is 5.28. The fourth-order valence-corrected chi connectivity index (χ4v) is 3.05. The SMILES string of the molecule is COc1ccc(Cn2cnc(C3CC3c3nccc(C)n3)c2)cc1. The van der Waals surface area contributed by atoms with Crippen LogP contribution in [0, 0.1) is 6.92 Å². The van der Waals surface area contributed by atoms with Crippen LogP contribution in [0.5, 0.6) is 5.75 Å². The normalized spacial score (nSPS) is 19.2. The van der Waals surface area contributed by atoms with Crippen molar-refractivity contribution in [3.8, 4) is 5.75 Å². The molecule has 2 atom stereocenters. The zero-order valence-electron chi connectivity index (χ0n) is 13.9. The van der Waals surface area contributed by atoms with Gasteiger partial charge in [0.15, 0.2) is 0 Å². The predicted octanol–water partition coefficient (Wildman–Crippen LogP) is 3.31. The second kappa shape index (κ2) is 6.07. The predicted molar refractivity (Wildman–Crippen MR) is 91.2 cm³/mol. The molecule has 1 saturated carbocycles. The number of methoxy groups -OCH3 is 1. The highest BCUT2D eigenvalue weighted by Crippen LogP contribution is 2.52. The van der Waals surface area contributed by atoms with Gasteiger partial charge in [-0.15, -0.1) is 0 Å². The molecule has 1 aliphatic rings. The Morgan fingerprint density at radius 2 is 1.96 bits per heavy atom. The summed E-state index contributed by atoms with van der Waals surface area (Å²) in [5.74, 6) is 2.69. The molecule has 1 aliphatic carbocycles. The third-order valence-corrected chi connectivity index (χ3v) is 4.49. The van der Waals surface area contributed by atoms with Crippen LogP contribution in [-0.2, 0) is 6.54 Å². The van der Waals surface area contributed by atoms with Gasteiger partial charge in [-0.05, 0) is 37.1 Å². The molecule has 4 rings (SSSR count). The average molecular weight is 320 g/mol. The van der Waals surface area contributed by atoms with E-state index in [1.54, 1.807) is 7.11 Å². The molecule has 2 heterocycles. The summed E-state index contributed by atoms with van der Waals surface area (Å²) in [6.45, 7) is 2.82. The zero-order chi connectivity index (χ0) is 16.5. The molecule has 2 aromatic heterocycles. The summed E-state index contributed by atoms with van der Waals surface area (Å²) in [5, 5.41) is 0. The number of hydrogen-bond acceptors (Lipinski definition) is 4. The number of hydrogen-bond donors (Lipinski definition) is 0. The van der Waals surface area contributed by atoms with E-state index < -0.39 is 0 Å². The van der Waals surface area contributed by atoms with Gasteiger partial charge >= 0.3 is 0 Å². The molecule has 5 nitrogen and oxygen atoms in total. The van der Waals surface area contributed by atoms with Crippen molar-refractivity contribution in [3.63, 3.8) is 0 Å². The Balaban J connectivity index is 1.44. The van der Waals surface area contributed by atoms with Crippen LogP contribution in [0.4, 0.5) is 0 Å². The summed E-state index contributed by atoms with van der Waals surface area (Å²) in [7, 11) is 1.68. The minimum absolute atomic E-state index is 0.411. The van der Waals surface area contributed by atoms with E-state index in [0.717, 1.165) is 35.9 Å².